The van der Waals surface area contributed by atoms with Crippen molar-refractivity contribution in [3.63, 3.8) is 0 Å². The van der Waals surface area contributed by atoms with Crippen LogP contribution in [0.2, 0.25) is 0 Å². The number of amides is 3. The Morgan fingerprint density at radius 3 is 2.31 bits per heavy atom. The van der Waals surface area contributed by atoms with E-state index in [-0.39, 0.29) is 42.8 Å². The lowest BCUT2D eigenvalue weighted by atomic mass is 9.96. The molecule has 0 radical (unpaired) electrons. The largest absolute Gasteiger partial charge is 0.411 e. The van der Waals surface area contributed by atoms with Gasteiger partial charge in [-0.3, -0.25) is 4.79 Å². The van der Waals surface area contributed by atoms with Gasteiger partial charge >= 0.3 is 6.03 Å². The van der Waals surface area contributed by atoms with Crippen molar-refractivity contribution in [3.05, 3.63) is 95.3 Å². The lowest BCUT2D eigenvalue weighted by Crippen LogP contribution is -2.58. The Morgan fingerprint density at radius 2 is 1.69 bits per heavy atom. The Bertz CT molecular complexity index is 1840. The second kappa shape index (κ2) is 20.0. The van der Waals surface area contributed by atoms with Gasteiger partial charge in [0.25, 0.3) is 0 Å². The van der Waals surface area contributed by atoms with Crippen LogP contribution in [0.25, 0.3) is 0 Å². The number of aromatic nitrogens is 1. The number of nitrogens with zero attached hydrogens (tertiary/aromatic N) is 5. The first-order valence-corrected chi connectivity index (χ1v) is 19.8. The summed E-state index contributed by atoms with van der Waals surface area (Å²) in [6.45, 7) is 5.43. The molecule has 0 aliphatic heterocycles. The molecule has 15 heteroatoms. The number of rotatable bonds is 18. The monoisotopic (exact) mass is 763 g/mol. The molecule has 1 heterocycles. The standard InChI is InChI=1S/C39H53N7O7S/c1-5-27(2)37(43-39(49)45(4)25-32-16-11-17-34(41-32)28(3)44-51)38(48)42-35(22-29-12-7-6-8-13-29)36(47)26-46(24-31-14-9-10-15-31)54(52,53)33-20-18-30(19-21-33)23-40-50/h6-8,11-13,16-21,23,27,31,35-37,47,50-51H,5,9-10,14-15,22,24-26H2,1-4H3,(H,42,48)(H,43,49)/b40-23+,44-28?/t27?,35-,36+,37?/m0/s1. The minimum absolute atomic E-state index is 0.0358. The van der Waals surface area contributed by atoms with E-state index in [2.05, 4.69) is 25.9 Å². The maximum absolute atomic E-state index is 14.1. The van der Waals surface area contributed by atoms with E-state index in [1.807, 2.05) is 44.2 Å². The van der Waals surface area contributed by atoms with Crippen LogP contribution in [0, 0.1) is 11.8 Å². The first-order chi connectivity index (χ1) is 25.9. The summed E-state index contributed by atoms with van der Waals surface area (Å²) in [5.41, 5.74) is 2.69. The summed E-state index contributed by atoms with van der Waals surface area (Å²) in [5, 5.41) is 42.0. The minimum atomic E-state index is -4.08. The molecule has 4 rings (SSSR count). The van der Waals surface area contributed by atoms with Crippen molar-refractivity contribution < 1.29 is 33.5 Å². The molecular formula is C39H53N7O7S. The third-order valence-corrected chi connectivity index (χ3v) is 11.8. The molecule has 3 aromatic rings. The summed E-state index contributed by atoms with van der Waals surface area (Å²) in [7, 11) is -2.50. The predicted molar refractivity (Wildman–Crippen MR) is 206 cm³/mol. The van der Waals surface area contributed by atoms with E-state index in [9.17, 15) is 23.1 Å². The van der Waals surface area contributed by atoms with Crippen LogP contribution in [0.15, 0.2) is 88.0 Å². The topological polar surface area (TPSA) is 197 Å². The van der Waals surface area contributed by atoms with Gasteiger partial charge in [-0.15, -0.1) is 0 Å². The van der Waals surface area contributed by atoms with Crippen LogP contribution in [-0.4, -0.2) is 100 Å². The first kappa shape index (κ1) is 41.9. The average Bonchev–Trinajstić information content (AvgIpc) is 3.69. The van der Waals surface area contributed by atoms with Crippen LogP contribution >= 0.6 is 0 Å². The zero-order valence-corrected chi connectivity index (χ0v) is 32.2. The highest BCUT2D eigenvalue weighted by molar-refractivity contribution is 7.89. The summed E-state index contributed by atoms with van der Waals surface area (Å²) in [6.07, 6.45) is 4.42. The number of hydrogen-bond donors (Lipinski definition) is 5. The second-order valence-electron chi connectivity index (χ2n) is 14.0. The number of aliphatic hydroxyl groups excluding tert-OH is 1. The number of hydrogen-bond acceptors (Lipinski definition) is 10. The number of carbonyl (C=O) groups is 2. The van der Waals surface area contributed by atoms with E-state index >= 15 is 0 Å². The molecule has 4 atom stereocenters. The SMILES string of the molecule is CCC(C)C(NC(=O)N(C)Cc1cccc(C(C)=NO)n1)C(=O)N[C@@H](Cc1ccccc1)[C@H](O)CN(CC1CCCC1)S(=O)(=O)c1ccc(/C=N/O)cc1. The summed E-state index contributed by atoms with van der Waals surface area (Å²) in [6, 6.07) is 18.0. The fourth-order valence-electron chi connectivity index (χ4n) is 6.53. The normalized spacial score (nSPS) is 16.2. The van der Waals surface area contributed by atoms with Crippen molar-refractivity contribution >= 4 is 33.9 Å². The van der Waals surface area contributed by atoms with E-state index in [1.165, 1.54) is 39.7 Å². The lowest BCUT2D eigenvalue weighted by Gasteiger charge is -2.33. The van der Waals surface area contributed by atoms with Crippen LogP contribution in [0.5, 0.6) is 0 Å². The Balaban J connectivity index is 1.57. The van der Waals surface area contributed by atoms with Gasteiger partial charge in [-0.2, -0.15) is 4.31 Å². The maximum atomic E-state index is 14.1. The van der Waals surface area contributed by atoms with Crippen LogP contribution in [-0.2, 0) is 27.8 Å². The molecular weight excluding hydrogens is 711 g/mol. The fraction of sp³-hybridized carbons (Fsp3) is 0.462. The lowest BCUT2D eigenvalue weighted by molar-refractivity contribution is -0.125. The number of urea groups is 1. The zero-order chi connectivity index (χ0) is 39.3. The molecule has 2 aromatic carbocycles. The summed E-state index contributed by atoms with van der Waals surface area (Å²) >= 11 is 0. The maximum Gasteiger partial charge on any atom is 0.318 e. The number of aliphatic hydroxyl groups is 1. The highest BCUT2D eigenvalue weighted by atomic mass is 32.2. The van der Waals surface area contributed by atoms with Crippen molar-refractivity contribution in [1.82, 2.24) is 24.8 Å². The van der Waals surface area contributed by atoms with Gasteiger partial charge in [-0.1, -0.05) is 92.0 Å². The van der Waals surface area contributed by atoms with Crippen molar-refractivity contribution in [2.75, 3.05) is 20.1 Å². The van der Waals surface area contributed by atoms with Crippen molar-refractivity contribution in [2.24, 2.45) is 22.1 Å². The zero-order valence-electron chi connectivity index (χ0n) is 31.4. The Labute approximate surface area is 318 Å². The first-order valence-electron chi connectivity index (χ1n) is 18.3. The van der Waals surface area contributed by atoms with Crippen LogP contribution < -0.4 is 10.6 Å². The Kier molecular flexibility index (Phi) is 15.5. The van der Waals surface area contributed by atoms with Crippen molar-refractivity contribution in [3.8, 4) is 0 Å². The summed E-state index contributed by atoms with van der Waals surface area (Å²) in [5.74, 6) is -0.673. The highest BCUT2D eigenvalue weighted by Crippen LogP contribution is 2.28. The molecule has 1 saturated carbocycles. The molecule has 0 saturated heterocycles. The molecule has 1 aliphatic carbocycles. The Morgan fingerprint density at radius 1 is 1.00 bits per heavy atom. The van der Waals surface area contributed by atoms with Crippen LogP contribution in [0.3, 0.4) is 0 Å². The number of pyridine rings is 1. The third-order valence-electron chi connectivity index (χ3n) is 9.99. The fourth-order valence-corrected chi connectivity index (χ4v) is 8.07. The van der Waals surface area contributed by atoms with E-state index in [1.54, 1.807) is 32.2 Å². The van der Waals surface area contributed by atoms with E-state index in [4.69, 9.17) is 10.4 Å². The smallest absolute Gasteiger partial charge is 0.318 e. The molecule has 3 amide bonds. The van der Waals surface area contributed by atoms with E-state index < -0.39 is 40.1 Å². The molecule has 54 heavy (non-hydrogen) atoms. The third kappa shape index (κ3) is 11.6. The molecule has 2 unspecified atom stereocenters. The molecule has 1 aromatic heterocycles. The number of oxime groups is 2. The van der Waals surface area contributed by atoms with Gasteiger partial charge in [-0.25, -0.2) is 18.2 Å². The number of sulfonamides is 1. The van der Waals surface area contributed by atoms with Gasteiger partial charge in [0.15, 0.2) is 0 Å². The summed E-state index contributed by atoms with van der Waals surface area (Å²) < 4.78 is 29.5. The molecule has 1 fully saturated rings. The molecule has 5 N–H and O–H groups in total. The predicted octanol–water partition coefficient (Wildman–Crippen LogP) is 4.61. The Hall–Kier alpha value is -4.86. The van der Waals surface area contributed by atoms with Crippen LogP contribution in [0.4, 0.5) is 4.79 Å². The van der Waals surface area contributed by atoms with E-state index in [0.717, 1.165) is 31.2 Å². The molecule has 292 valence electrons. The second-order valence-corrected chi connectivity index (χ2v) is 16.0. The van der Waals surface area contributed by atoms with Gasteiger partial charge < -0.3 is 31.1 Å². The summed E-state index contributed by atoms with van der Waals surface area (Å²) in [4.78, 5) is 33.5. The van der Waals surface area contributed by atoms with E-state index in [0.29, 0.717) is 29.1 Å². The van der Waals surface area contributed by atoms with Gasteiger partial charge in [0, 0.05) is 20.1 Å². The van der Waals surface area contributed by atoms with Crippen molar-refractivity contribution in [1.29, 1.82) is 0 Å². The molecule has 1 aliphatic rings. The average molecular weight is 764 g/mol. The van der Waals surface area contributed by atoms with Gasteiger partial charge in [0.05, 0.1) is 41.2 Å². The highest BCUT2D eigenvalue weighted by Gasteiger charge is 2.35. The number of carbonyl (C=O) groups excluding carboxylic acids is 2. The molecule has 0 spiro atoms. The van der Waals surface area contributed by atoms with Crippen molar-refractivity contribution in [2.45, 2.75) is 88.9 Å². The number of nitrogens with one attached hydrogen (secondary N) is 2. The quantitative estimate of drug-likeness (QED) is 0.0703. The van der Waals surface area contributed by atoms with Gasteiger partial charge in [0.1, 0.15) is 11.8 Å². The van der Waals surface area contributed by atoms with Gasteiger partial charge in [0.2, 0.25) is 15.9 Å². The molecule has 0 bridgehead atoms. The number of benzene rings is 2. The molecule has 14 nitrogen and oxygen atoms in total. The van der Waals surface area contributed by atoms with Gasteiger partial charge in [-0.05, 0) is 73.4 Å². The minimum Gasteiger partial charge on any atom is -0.411 e. The van der Waals surface area contributed by atoms with Crippen LogP contribution in [0.1, 0.15) is 75.4 Å².